The minimum Gasteiger partial charge on any atom is -0.351 e. The predicted molar refractivity (Wildman–Crippen MR) is 101 cm³/mol. The molecule has 1 amide bonds. The molecular weight excluding hydrogens is 374 g/mol. The van der Waals surface area contributed by atoms with Crippen LogP contribution in [0.15, 0.2) is 53.7 Å². The third-order valence-corrected chi connectivity index (χ3v) is 5.37. The second-order valence-electron chi connectivity index (χ2n) is 6.34. The van der Waals surface area contributed by atoms with Crippen LogP contribution in [0.5, 0.6) is 0 Å². The molecule has 0 saturated carbocycles. The highest BCUT2D eigenvalue weighted by Gasteiger charge is 2.26. The Kier molecular flexibility index (Phi) is 7.14. The number of hydrogen-bond acceptors (Lipinski definition) is 4. The molecule has 140 valence electrons. The summed E-state index contributed by atoms with van der Waals surface area (Å²) in [5.74, 6) is -0.239. The molecule has 1 heterocycles. The van der Waals surface area contributed by atoms with E-state index in [0.29, 0.717) is 11.4 Å². The first-order chi connectivity index (χ1) is 12.3. The van der Waals surface area contributed by atoms with Gasteiger partial charge in [0.1, 0.15) is 6.04 Å². The summed E-state index contributed by atoms with van der Waals surface area (Å²) in [4.78, 5) is 16.6. The average Bonchev–Trinajstić information content (AvgIpc) is 2.60. The van der Waals surface area contributed by atoms with Gasteiger partial charge in [0.15, 0.2) is 0 Å². The first-order valence-corrected chi connectivity index (χ1v) is 10.1. The SMILES string of the molecule is CC(C)C[C@H](NS(=O)(=O)c1ccc(Cl)cc1)C(=O)NCc1cccnc1. The lowest BCUT2D eigenvalue weighted by atomic mass is 10.0. The number of rotatable bonds is 8. The second-order valence-corrected chi connectivity index (χ2v) is 8.49. The van der Waals surface area contributed by atoms with Gasteiger partial charge in [0.25, 0.3) is 0 Å². The Labute approximate surface area is 159 Å². The van der Waals surface area contributed by atoms with E-state index in [4.69, 9.17) is 11.6 Å². The molecule has 26 heavy (non-hydrogen) atoms. The summed E-state index contributed by atoms with van der Waals surface area (Å²) in [6.45, 7) is 4.14. The average molecular weight is 396 g/mol. The fourth-order valence-corrected chi connectivity index (χ4v) is 3.70. The molecule has 2 aromatic rings. The van der Waals surface area contributed by atoms with Gasteiger partial charge < -0.3 is 5.32 Å². The van der Waals surface area contributed by atoms with Crippen molar-refractivity contribution in [3.8, 4) is 0 Å². The van der Waals surface area contributed by atoms with E-state index in [-0.39, 0.29) is 23.3 Å². The first-order valence-electron chi connectivity index (χ1n) is 8.22. The number of hydrogen-bond donors (Lipinski definition) is 2. The summed E-state index contributed by atoms with van der Waals surface area (Å²) < 4.78 is 27.6. The van der Waals surface area contributed by atoms with Crippen molar-refractivity contribution in [3.05, 3.63) is 59.4 Å². The highest BCUT2D eigenvalue weighted by atomic mass is 35.5. The number of nitrogens with one attached hydrogen (secondary N) is 2. The smallest absolute Gasteiger partial charge is 0.241 e. The maximum absolute atomic E-state index is 12.6. The zero-order valence-electron chi connectivity index (χ0n) is 14.6. The largest absolute Gasteiger partial charge is 0.351 e. The number of benzene rings is 1. The molecule has 0 unspecified atom stereocenters. The van der Waals surface area contributed by atoms with Crippen LogP contribution in [0.25, 0.3) is 0 Å². The molecular formula is C18H22ClN3O3S. The molecule has 6 nitrogen and oxygen atoms in total. The molecule has 0 fully saturated rings. The van der Waals surface area contributed by atoms with Crippen LogP contribution in [0, 0.1) is 5.92 Å². The van der Waals surface area contributed by atoms with Crippen molar-refractivity contribution >= 4 is 27.5 Å². The summed E-state index contributed by atoms with van der Waals surface area (Å²) in [5.41, 5.74) is 0.838. The maximum Gasteiger partial charge on any atom is 0.241 e. The van der Waals surface area contributed by atoms with Gasteiger partial charge in [-0.05, 0) is 48.2 Å². The zero-order valence-corrected chi connectivity index (χ0v) is 16.2. The van der Waals surface area contributed by atoms with Crippen molar-refractivity contribution < 1.29 is 13.2 Å². The summed E-state index contributed by atoms with van der Waals surface area (Å²) in [7, 11) is -3.83. The van der Waals surface area contributed by atoms with Crippen molar-refractivity contribution in [2.75, 3.05) is 0 Å². The third kappa shape index (κ3) is 6.09. The van der Waals surface area contributed by atoms with E-state index >= 15 is 0 Å². The number of amides is 1. The van der Waals surface area contributed by atoms with E-state index in [1.54, 1.807) is 18.5 Å². The number of aromatic nitrogens is 1. The van der Waals surface area contributed by atoms with Crippen LogP contribution in [0.3, 0.4) is 0 Å². The normalized spacial score (nSPS) is 12.8. The quantitative estimate of drug-likeness (QED) is 0.719. The molecule has 1 aromatic heterocycles. The van der Waals surface area contributed by atoms with E-state index < -0.39 is 16.1 Å². The van der Waals surface area contributed by atoms with Crippen LogP contribution < -0.4 is 10.0 Å². The van der Waals surface area contributed by atoms with Crippen LogP contribution in [0.4, 0.5) is 0 Å². The monoisotopic (exact) mass is 395 g/mol. The van der Waals surface area contributed by atoms with Gasteiger partial charge in [-0.15, -0.1) is 0 Å². The lowest BCUT2D eigenvalue weighted by Gasteiger charge is -2.20. The molecule has 8 heteroatoms. The Balaban J connectivity index is 2.10. The summed E-state index contributed by atoms with van der Waals surface area (Å²) in [6, 6.07) is 8.55. The van der Waals surface area contributed by atoms with Crippen molar-refractivity contribution in [2.24, 2.45) is 5.92 Å². The summed E-state index contributed by atoms with van der Waals surface area (Å²) >= 11 is 5.80. The van der Waals surface area contributed by atoms with Crippen molar-refractivity contribution in [2.45, 2.75) is 37.8 Å². The van der Waals surface area contributed by atoms with Gasteiger partial charge in [0.05, 0.1) is 4.90 Å². The number of halogens is 1. The Morgan fingerprint density at radius 1 is 1.19 bits per heavy atom. The number of carbonyl (C=O) groups is 1. The van der Waals surface area contributed by atoms with Gasteiger partial charge in [-0.2, -0.15) is 4.72 Å². The number of nitrogens with zero attached hydrogens (tertiary/aromatic N) is 1. The van der Waals surface area contributed by atoms with Gasteiger partial charge >= 0.3 is 0 Å². The van der Waals surface area contributed by atoms with E-state index in [9.17, 15) is 13.2 Å². The summed E-state index contributed by atoms with van der Waals surface area (Å²) in [5, 5.41) is 3.20. The van der Waals surface area contributed by atoms with Crippen LogP contribution in [0.1, 0.15) is 25.8 Å². The van der Waals surface area contributed by atoms with Gasteiger partial charge in [-0.3, -0.25) is 9.78 Å². The minimum atomic E-state index is -3.83. The Morgan fingerprint density at radius 3 is 2.46 bits per heavy atom. The van der Waals surface area contributed by atoms with Crippen LogP contribution in [0.2, 0.25) is 5.02 Å². The maximum atomic E-state index is 12.6. The molecule has 0 bridgehead atoms. The molecule has 1 aromatic carbocycles. The highest BCUT2D eigenvalue weighted by Crippen LogP contribution is 2.16. The summed E-state index contributed by atoms with van der Waals surface area (Å²) in [6.07, 6.45) is 3.68. The first kappa shape index (κ1) is 20.4. The van der Waals surface area contributed by atoms with E-state index in [2.05, 4.69) is 15.0 Å². The minimum absolute atomic E-state index is 0.0655. The number of sulfonamides is 1. The Hall–Kier alpha value is -1.96. The molecule has 0 aliphatic carbocycles. The molecule has 2 N–H and O–H groups in total. The molecule has 0 spiro atoms. The lowest BCUT2D eigenvalue weighted by Crippen LogP contribution is -2.47. The van der Waals surface area contributed by atoms with Crippen LogP contribution in [-0.2, 0) is 21.4 Å². The molecule has 0 radical (unpaired) electrons. The fraction of sp³-hybridized carbons (Fsp3) is 0.333. The van der Waals surface area contributed by atoms with Crippen molar-refractivity contribution in [1.29, 1.82) is 0 Å². The van der Waals surface area contributed by atoms with E-state index in [1.165, 1.54) is 24.3 Å². The topological polar surface area (TPSA) is 88.2 Å². The van der Waals surface area contributed by atoms with Crippen LogP contribution >= 0.6 is 11.6 Å². The van der Waals surface area contributed by atoms with Crippen molar-refractivity contribution in [3.63, 3.8) is 0 Å². The predicted octanol–water partition coefficient (Wildman–Crippen LogP) is 2.74. The lowest BCUT2D eigenvalue weighted by molar-refractivity contribution is -0.123. The van der Waals surface area contributed by atoms with Gasteiger partial charge in [0.2, 0.25) is 15.9 Å². The van der Waals surface area contributed by atoms with Gasteiger partial charge in [0, 0.05) is 24.0 Å². The van der Waals surface area contributed by atoms with Crippen molar-refractivity contribution in [1.82, 2.24) is 15.0 Å². The standard InChI is InChI=1S/C18H22ClN3O3S/c1-13(2)10-17(18(23)21-12-14-4-3-9-20-11-14)22-26(24,25)16-7-5-15(19)6-8-16/h3-9,11,13,17,22H,10,12H2,1-2H3,(H,21,23)/t17-/m0/s1. The highest BCUT2D eigenvalue weighted by molar-refractivity contribution is 7.89. The molecule has 0 aliphatic rings. The Bertz CT molecular complexity index is 825. The van der Waals surface area contributed by atoms with Gasteiger partial charge in [-0.25, -0.2) is 8.42 Å². The molecule has 1 atom stereocenters. The third-order valence-electron chi connectivity index (χ3n) is 3.63. The number of carbonyl (C=O) groups excluding carboxylic acids is 1. The molecule has 0 saturated heterocycles. The second kappa shape index (κ2) is 9.12. The van der Waals surface area contributed by atoms with Gasteiger partial charge in [-0.1, -0.05) is 31.5 Å². The van der Waals surface area contributed by atoms with E-state index in [0.717, 1.165) is 5.56 Å². The molecule has 2 rings (SSSR count). The Morgan fingerprint density at radius 2 is 1.88 bits per heavy atom. The number of pyridine rings is 1. The zero-order chi connectivity index (χ0) is 19.2. The molecule has 0 aliphatic heterocycles. The van der Waals surface area contributed by atoms with Crippen LogP contribution in [-0.4, -0.2) is 25.4 Å². The fourth-order valence-electron chi connectivity index (χ4n) is 2.36. The van der Waals surface area contributed by atoms with E-state index in [1.807, 2.05) is 19.9 Å².